The molecule has 6 heteroatoms. The lowest BCUT2D eigenvalue weighted by Crippen LogP contribution is -2.32. The maximum absolute atomic E-state index is 5.72. The maximum Gasteiger partial charge on any atom is 0.161 e. The highest BCUT2D eigenvalue weighted by atomic mass is 16.5. The average Bonchev–Trinajstić information content (AvgIpc) is 3.06. The van der Waals surface area contributed by atoms with Gasteiger partial charge in [-0.25, -0.2) is 4.98 Å². The van der Waals surface area contributed by atoms with Gasteiger partial charge in [-0.1, -0.05) is 6.07 Å². The van der Waals surface area contributed by atoms with Crippen molar-refractivity contribution in [3.63, 3.8) is 0 Å². The topological polar surface area (TPSA) is 52.4 Å². The van der Waals surface area contributed by atoms with E-state index in [9.17, 15) is 0 Å². The predicted molar refractivity (Wildman–Crippen MR) is 110 cm³/mol. The highest BCUT2D eigenvalue weighted by molar-refractivity contribution is 5.78. The molecule has 4 rings (SSSR count). The third-order valence-electron chi connectivity index (χ3n) is 5.54. The summed E-state index contributed by atoms with van der Waals surface area (Å²) in [6.07, 6.45) is 4.08. The molecule has 2 aromatic heterocycles. The number of piperidine rings is 1. The van der Waals surface area contributed by atoms with E-state index >= 15 is 0 Å². The fourth-order valence-corrected chi connectivity index (χ4v) is 4.13. The first kappa shape index (κ1) is 18.7. The Morgan fingerprint density at radius 3 is 2.71 bits per heavy atom. The van der Waals surface area contributed by atoms with Crippen LogP contribution in [-0.2, 0) is 13.6 Å². The number of rotatable bonds is 6. The summed E-state index contributed by atoms with van der Waals surface area (Å²) in [5.74, 6) is 2.11. The summed E-state index contributed by atoms with van der Waals surface area (Å²) in [5.41, 5.74) is 3.44. The second kappa shape index (κ2) is 8.19. The smallest absolute Gasteiger partial charge is 0.161 e. The number of hydrogen-bond donors (Lipinski definition) is 0. The Labute approximate surface area is 166 Å². The molecule has 3 aromatic rings. The summed E-state index contributed by atoms with van der Waals surface area (Å²) >= 11 is 0. The van der Waals surface area contributed by atoms with Crippen LogP contribution in [0.2, 0.25) is 0 Å². The van der Waals surface area contributed by atoms with Crippen molar-refractivity contribution in [3.8, 4) is 11.5 Å². The zero-order valence-corrected chi connectivity index (χ0v) is 16.9. The van der Waals surface area contributed by atoms with Gasteiger partial charge >= 0.3 is 0 Å². The lowest BCUT2D eigenvalue weighted by atomic mass is 9.92. The minimum Gasteiger partial charge on any atom is -0.493 e. The van der Waals surface area contributed by atoms with Crippen LogP contribution in [0.3, 0.4) is 0 Å². The molecule has 6 nitrogen and oxygen atoms in total. The third-order valence-corrected chi connectivity index (χ3v) is 5.54. The minimum absolute atomic E-state index is 0.499. The molecule has 0 spiro atoms. The van der Waals surface area contributed by atoms with Crippen LogP contribution in [-0.4, -0.2) is 46.5 Å². The van der Waals surface area contributed by atoms with Crippen molar-refractivity contribution < 1.29 is 9.47 Å². The number of nitrogens with zero attached hydrogens (tertiary/aromatic N) is 4. The molecule has 28 heavy (non-hydrogen) atoms. The molecule has 0 N–H and O–H groups in total. The Bertz CT molecular complexity index is 945. The normalized spacial score (nSPS) is 15.8. The van der Waals surface area contributed by atoms with Crippen molar-refractivity contribution in [2.24, 2.45) is 7.05 Å². The van der Waals surface area contributed by atoms with Crippen molar-refractivity contribution in [2.75, 3.05) is 26.8 Å². The van der Waals surface area contributed by atoms with Gasteiger partial charge < -0.3 is 9.47 Å². The summed E-state index contributed by atoms with van der Waals surface area (Å²) in [7, 11) is 3.66. The Kier molecular flexibility index (Phi) is 5.48. The number of likely N-dealkylation sites (tertiary alicyclic amines) is 1. The second-order valence-corrected chi connectivity index (χ2v) is 7.35. The minimum atomic E-state index is 0.499. The maximum atomic E-state index is 5.72. The van der Waals surface area contributed by atoms with Crippen molar-refractivity contribution in [1.82, 2.24) is 19.7 Å². The summed E-state index contributed by atoms with van der Waals surface area (Å²) in [6.45, 7) is 5.70. The number of ether oxygens (including phenoxy) is 2. The zero-order valence-electron chi connectivity index (χ0n) is 16.9. The van der Waals surface area contributed by atoms with Crippen molar-refractivity contribution in [3.05, 3.63) is 47.8 Å². The summed E-state index contributed by atoms with van der Waals surface area (Å²) < 4.78 is 13.0. The van der Waals surface area contributed by atoms with E-state index in [-0.39, 0.29) is 0 Å². The van der Waals surface area contributed by atoms with Crippen LogP contribution in [0.1, 0.15) is 36.9 Å². The van der Waals surface area contributed by atoms with Gasteiger partial charge in [-0.05, 0) is 62.7 Å². The van der Waals surface area contributed by atoms with Crippen LogP contribution in [0.25, 0.3) is 11.0 Å². The molecule has 0 unspecified atom stereocenters. The molecule has 1 fully saturated rings. The van der Waals surface area contributed by atoms with Gasteiger partial charge in [0.25, 0.3) is 0 Å². The lowest BCUT2D eigenvalue weighted by Gasteiger charge is -2.31. The Morgan fingerprint density at radius 1 is 1.14 bits per heavy atom. The molecule has 1 aliphatic heterocycles. The molecule has 0 atom stereocenters. The Morgan fingerprint density at radius 2 is 1.96 bits per heavy atom. The Balaban J connectivity index is 1.42. The van der Waals surface area contributed by atoms with Crippen LogP contribution in [0, 0.1) is 0 Å². The first-order valence-electron chi connectivity index (χ1n) is 9.99. The van der Waals surface area contributed by atoms with E-state index in [0.29, 0.717) is 12.5 Å². The molecule has 0 saturated carbocycles. The quantitative estimate of drug-likeness (QED) is 0.652. The largest absolute Gasteiger partial charge is 0.493 e. The molecule has 0 amide bonds. The summed E-state index contributed by atoms with van der Waals surface area (Å²) in [5, 5.41) is 5.97. The van der Waals surface area contributed by atoms with E-state index < -0.39 is 0 Å². The Hall–Kier alpha value is -2.60. The molecule has 0 aliphatic carbocycles. The van der Waals surface area contributed by atoms with Crippen LogP contribution in [0.4, 0.5) is 0 Å². The number of aryl methyl sites for hydroxylation is 1. The van der Waals surface area contributed by atoms with Gasteiger partial charge in [0, 0.05) is 31.1 Å². The van der Waals surface area contributed by atoms with Gasteiger partial charge in [0.1, 0.15) is 0 Å². The third kappa shape index (κ3) is 3.69. The SMILES string of the molecule is CCOc1cc(CN2CCC(c3nn(C)c4ncccc34)CC2)ccc1OC. The molecular weight excluding hydrogens is 352 g/mol. The van der Waals surface area contributed by atoms with E-state index in [1.54, 1.807) is 7.11 Å². The van der Waals surface area contributed by atoms with Crippen molar-refractivity contribution in [2.45, 2.75) is 32.2 Å². The van der Waals surface area contributed by atoms with Crippen LogP contribution in [0.5, 0.6) is 11.5 Å². The summed E-state index contributed by atoms with van der Waals surface area (Å²) in [4.78, 5) is 6.98. The van der Waals surface area contributed by atoms with Crippen LogP contribution >= 0.6 is 0 Å². The predicted octanol–water partition coefficient (Wildman–Crippen LogP) is 3.76. The molecule has 0 bridgehead atoms. The number of fused-ring (bicyclic) bond motifs is 1. The number of pyridine rings is 1. The average molecular weight is 380 g/mol. The number of aromatic nitrogens is 3. The van der Waals surface area contributed by atoms with E-state index in [1.807, 2.05) is 37.0 Å². The number of methoxy groups -OCH3 is 1. The highest BCUT2D eigenvalue weighted by Crippen LogP contribution is 2.33. The van der Waals surface area contributed by atoms with Gasteiger partial charge in [0.15, 0.2) is 17.1 Å². The van der Waals surface area contributed by atoms with Gasteiger partial charge in [-0.15, -0.1) is 0 Å². The first-order valence-corrected chi connectivity index (χ1v) is 9.99. The van der Waals surface area contributed by atoms with E-state index in [1.165, 1.54) is 16.6 Å². The molecule has 3 heterocycles. The van der Waals surface area contributed by atoms with E-state index in [4.69, 9.17) is 14.6 Å². The lowest BCUT2D eigenvalue weighted by molar-refractivity contribution is 0.203. The first-order chi connectivity index (χ1) is 13.7. The van der Waals surface area contributed by atoms with Gasteiger partial charge in [0.2, 0.25) is 0 Å². The fraction of sp³-hybridized carbons (Fsp3) is 0.455. The van der Waals surface area contributed by atoms with Crippen LogP contribution < -0.4 is 9.47 Å². The molecule has 0 radical (unpaired) electrons. The molecule has 1 aromatic carbocycles. The van der Waals surface area contributed by atoms with Crippen molar-refractivity contribution >= 4 is 11.0 Å². The number of benzene rings is 1. The monoisotopic (exact) mass is 380 g/mol. The zero-order chi connectivity index (χ0) is 19.5. The summed E-state index contributed by atoms with van der Waals surface area (Å²) in [6, 6.07) is 10.4. The molecular formula is C22H28N4O2. The molecule has 1 saturated heterocycles. The van der Waals surface area contributed by atoms with Crippen LogP contribution in [0.15, 0.2) is 36.5 Å². The van der Waals surface area contributed by atoms with E-state index in [0.717, 1.165) is 49.6 Å². The van der Waals surface area contributed by atoms with Crippen molar-refractivity contribution in [1.29, 1.82) is 0 Å². The second-order valence-electron chi connectivity index (χ2n) is 7.35. The molecule has 1 aliphatic rings. The van der Waals surface area contributed by atoms with E-state index in [2.05, 4.69) is 28.1 Å². The number of hydrogen-bond acceptors (Lipinski definition) is 5. The molecule has 148 valence electrons. The highest BCUT2D eigenvalue weighted by Gasteiger charge is 2.25. The van der Waals surface area contributed by atoms with Gasteiger partial charge in [0.05, 0.1) is 19.4 Å². The van der Waals surface area contributed by atoms with Gasteiger partial charge in [-0.2, -0.15) is 5.10 Å². The fourth-order valence-electron chi connectivity index (χ4n) is 4.13. The van der Waals surface area contributed by atoms with Gasteiger partial charge in [-0.3, -0.25) is 9.58 Å². The standard InChI is InChI=1S/C22H28N4O2/c1-4-28-20-14-16(7-8-19(20)27-3)15-26-12-9-17(10-13-26)21-18-6-5-11-23-22(18)25(2)24-21/h5-8,11,14,17H,4,9-10,12-13,15H2,1-3H3.